The van der Waals surface area contributed by atoms with Crippen LogP contribution in [0.5, 0.6) is 5.75 Å². The molecule has 26 heavy (non-hydrogen) atoms. The molecule has 0 radical (unpaired) electrons. The van der Waals surface area contributed by atoms with Gasteiger partial charge in [-0.2, -0.15) is 0 Å². The van der Waals surface area contributed by atoms with Gasteiger partial charge in [0.25, 0.3) is 0 Å². The Morgan fingerprint density at radius 2 is 2.00 bits per heavy atom. The summed E-state index contributed by atoms with van der Waals surface area (Å²) in [6.07, 6.45) is 9.46. The molecule has 3 rings (SSSR count). The smallest absolute Gasteiger partial charge is 0.220 e. The number of pyridine rings is 1. The molecule has 1 N–H and O–H groups in total. The Labute approximate surface area is 154 Å². The minimum absolute atomic E-state index is 0.160. The third-order valence-corrected chi connectivity index (χ3v) is 4.51. The number of nitrogens with zero attached hydrogens (tertiary/aromatic N) is 2. The molecule has 5 nitrogen and oxygen atoms in total. The summed E-state index contributed by atoms with van der Waals surface area (Å²) in [7, 11) is 1.67. The molecule has 136 valence electrons. The highest BCUT2D eigenvalue weighted by molar-refractivity contribution is 5.78. The molecule has 0 saturated carbocycles. The number of aromatic nitrogens is 1. The first-order valence-electron chi connectivity index (χ1n) is 8.94. The second-order valence-electron chi connectivity index (χ2n) is 6.53. The van der Waals surface area contributed by atoms with Crippen LogP contribution >= 0.6 is 0 Å². The van der Waals surface area contributed by atoms with Crippen molar-refractivity contribution < 1.29 is 9.53 Å². The lowest BCUT2D eigenvalue weighted by atomic mass is 10.1. The number of carbonyl (C=O) groups excluding carboxylic acids is 1. The molecule has 5 heteroatoms. The van der Waals surface area contributed by atoms with Crippen molar-refractivity contribution in [3.05, 3.63) is 66.0 Å². The largest absolute Gasteiger partial charge is 0.497 e. The lowest BCUT2D eigenvalue weighted by Gasteiger charge is -2.24. The van der Waals surface area contributed by atoms with Crippen LogP contribution < -0.4 is 10.1 Å². The number of hydrogen-bond donors (Lipinski definition) is 1. The van der Waals surface area contributed by atoms with Crippen LogP contribution in [0.1, 0.15) is 24.0 Å². The van der Waals surface area contributed by atoms with Crippen molar-refractivity contribution in [2.45, 2.75) is 25.4 Å². The standard InChI is InChI=1S/C21H25N3O2/c1-26-20-7-4-17(5-8-20)3-2-14-24(15-18-10-12-22-13-11-18)16-19-6-9-21(25)23-19/h2-5,7-8,10-13,19H,6,9,14-16H2,1H3,(H,23,25)/b3-2+/t19-/m0/s1. The van der Waals surface area contributed by atoms with Crippen molar-refractivity contribution in [1.29, 1.82) is 0 Å². The van der Waals surface area contributed by atoms with Gasteiger partial charge < -0.3 is 10.1 Å². The van der Waals surface area contributed by atoms with E-state index < -0.39 is 0 Å². The van der Waals surface area contributed by atoms with Crippen LogP contribution in [-0.2, 0) is 11.3 Å². The Kier molecular flexibility index (Phi) is 6.39. The number of methoxy groups -OCH3 is 1. The molecule has 0 bridgehead atoms. The van der Waals surface area contributed by atoms with Crippen LogP contribution in [0.25, 0.3) is 6.08 Å². The maximum atomic E-state index is 11.5. The van der Waals surface area contributed by atoms with E-state index in [9.17, 15) is 4.79 Å². The van der Waals surface area contributed by atoms with Crippen LogP contribution in [0.4, 0.5) is 0 Å². The lowest BCUT2D eigenvalue weighted by Crippen LogP contribution is -2.38. The third kappa shape index (κ3) is 5.43. The predicted octanol–water partition coefficient (Wildman–Crippen LogP) is 2.88. The highest BCUT2D eigenvalue weighted by Gasteiger charge is 2.22. The second kappa shape index (κ2) is 9.15. The molecule has 0 aliphatic carbocycles. The molecule has 1 atom stereocenters. The predicted molar refractivity (Wildman–Crippen MR) is 103 cm³/mol. The van der Waals surface area contributed by atoms with Crippen LogP contribution in [0.15, 0.2) is 54.9 Å². The van der Waals surface area contributed by atoms with Gasteiger partial charge >= 0.3 is 0 Å². The van der Waals surface area contributed by atoms with Crippen molar-refractivity contribution in [3.63, 3.8) is 0 Å². The molecule has 1 saturated heterocycles. The first-order valence-corrected chi connectivity index (χ1v) is 8.94. The molecule has 1 aliphatic rings. The van der Waals surface area contributed by atoms with Gasteiger partial charge in [0.2, 0.25) is 5.91 Å². The first kappa shape index (κ1) is 18.1. The zero-order valence-corrected chi connectivity index (χ0v) is 15.1. The van der Waals surface area contributed by atoms with Gasteiger partial charge in [0.05, 0.1) is 7.11 Å². The van der Waals surface area contributed by atoms with Gasteiger partial charge in [-0.3, -0.25) is 14.7 Å². The van der Waals surface area contributed by atoms with E-state index in [1.54, 1.807) is 7.11 Å². The Balaban J connectivity index is 1.61. The molecule has 1 aromatic heterocycles. The van der Waals surface area contributed by atoms with E-state index in [4.69, 9.17) is 4.74 Å². The van der Waals surface area contributed by atoms with Crippen LogP contribution in [-0.4, -0.2) is 42.0 Å². The Morgan fingerprint density at radius 1 is 1.23 bits per heavy atom. The normalized spacial score (nSPS) is 17.0. The van der Waals surface area contributed by atoms with Gasteiger partial charge in [-0.1, -0.05) is 24.3 Å². The molecular weight excluding hydrogens is 326 g/mol. The van der Waals surface area contributed by atoms with Gasteiger partial charge in [0.1, 0.15) is 5.75 Å². The Morgan fingerprint density at radius 3 is 2.65 bits per heavy atom. The minimum atomic E-state index is 0.160. The molecule has 1 amide bonds. The molecule has 0 spiro atoms. The fourth-order valence-corrected chi connectivity index (χ4v) is 3.13. The maximum absolute atomic E-state index is 11.5. The van der Waals surface area contributed by atoms with E-state index in [0.29, 0.717) is 6.42 Å². The zero-order valence-electron chi connectivity index (χ0n) is 15.1. The summed E-state index contributed by atoms with van der Waals surface area (Å²) in [5, 5.41) is 3.06. The maximum Gasteiger partial charge on any atom is 0.220 e. The van der Waals surface area contributed by atoms with Crippen molar-refractivity contribution in [2.75, 3.05) is 20.2 Å². The molecule has 0 unspecified atom stereocenters. The number of nitrogens with one attached hydrogen (secondary N) is 1. The average molecular weight is 351 g/mol. The molecule has 1 aromatic carbocycles. The van der Waals surface area contributed by atoms with Crippen LogP contribution in [0.2, 0.25) is 0 Å². The van der Waals surface area contributed by atoms with E-state index in [-0.39, 0.29) is 11.9 Å². The number of carbonyl (C=O) groups is 1. The number of benzene rings is 1. The third-order valence-electron chi connectivity index (χ3n) is 4.51. The van der Waals surface area contributed by atoms with Crippen molar-refractivity contribution >= 4 is 12.0 Å². The molecule has 1 aliphatic heterocycles. The monoisotopic (exact) mass is 351 g/mol. The summed E-state index contributed by atoms with van der Waals surface area (Å²) in [5.41, 5.74) is 2.37. The Bertz CT molecular complexity index is 729. The lowest BCUT2D eigenvalue weighted by molar-refractivity contribution is -0.119. The average Bonchev–Trinajstić information content (AvgIpc) is 3.08. The van der Waals surface area contributed by atoms with Gasteiger partial charge in [-0.15, -0.1) is 0 Å². The van der Waals surface area contributed by atoms with Crippen LogP contribution in [0.3, 0.4) is 0 Å². The fourth-order valence-electron chi connectivity index (χ4n) is 3.13. The van der Waals surface area contributed by atoms with E-state index in [0.717, 1.165) is 37.4 Å². The van der Waals surface area contributed by atoms with Crippen LogP contribution in [0, 0.1) is 0 Å². The molecule has 2 aromatic rings. The number of rotatable bonds is 8. The van der Waals surface area contributed by atoms with Crippen molar-refractivity contribution in [1.82, 2.24) is 15.2 Å². The highest BCUT2D eigenvalue weighted by atomic mass is 16.5. The summed E-state index contributed by atoms with van der Waals surface area (Å²) in [5.74, 6) is 1.02. The SMILES string of the molecule is COc1ccc(/C=C/CN(Cc2ccncc2)C[C@@H]2CCC(=O)N2)cc1. The van der Waals surface area contributed by atoms with Gasteiger partial charge in [-0.25, -0.2) is 0 Å². The molecule has 2 heterocycles. The van der Waals surface area contributed by atoms with E-state index in [1.165, 1.54) is 5.56 Å². The summed E-state index contributed by atoms with van der Waals surface area (Å²) in [6, 6.07) is 12.3. The Hall–Kier alpha value is -2.66. The van der Waals surface area contributed by atoms with Gasteiger partial charge in [-0.05, 0) is 41.8 Å². The number of hydrogen-bond acceptors (Lipinski definition) is 4. The van der Waals surface area contributed by atoms with Crippen molar-refractivity contribution in [3.8, 4) is 5.75 Å². The van der Waals surface area contributed by atoms with E-state index in [2.05, 4.69) is 27.4 Å². The molecule has 1 fully saturated rings. The number of ether oxygens (including phenoxy) is 1. The van der Waals surface area contributed by atoms with Gasteiger partial charge in [0.15, 0.2) is 0 Å². The summed E-state index contributed by atoms with van der Waals surface area (Å²) in [6.45, 7) is 2.50. The van der Waals surface area contributed by atoms with Gasteiger partial charge in [0, 0.05) is 44.5 Å². The first-order chi connectivity index (χ1) is 12.7. The molecular formula is C21H25N3O2. The zero-order chi connectivity index (χ0) is 18.2. The van der Waals surface area contributed by atoms with E-state index >= 15 is 0 Å². The summed E-state index contributed by atoms with van der Waals surface area (Å²) in [4.78, 5) is 17.9. The summed E-state index contributed by atoms with van der Waals surface area (Å²) < 4.78 is 5.19. The number of amides is 1. The summed E-state index contributed by atoms with van der Waals surface area (Å²) >= 11 is 0. The highest BCUT2D eigenvalue weighted by Crippen LogP contribution is 2.14. The van der Waals surface area contributed by atoms with Crippen molar-refractivity contribution in [2.24, 2.45) is 0 Å². The fraction of sp³-hybridized carbons (Fsp3) is 0.333. The quantitative estimate of drug-likeness (QED) is 0.795. The topological polar surface area (TPSA) is 54.5 Å². The second-order valence-corrected chi connectivity index (χ2v) is 6.53. The van der Waals surface area contributed by atoms with E-state index in [1.807, 2.05) is 48.8 Å². The minimum Gasteiger partial charge on any atom is -0.497 e.